The van der Waals surface area contributed by atoms with Gasteiger partial charge in [-0.2, -0.15) is 0 Å². The van der Waals surface area contributed by atoms with E-state index < -0.39 is 11.2 Å². The highest BCUT2D eigenvalue weighted by Crippen LogP contribution is 2.46. The molecule has 124 valence electrons. The predicted molar refractivity (Wildman–Crippen MR) is 82.4 cm³/mol. The van der Waals surface area contributed by atoms with E-state index in [1.54, 1.807) is 12.1 Å². The number of piperidine rings is 1. The van der Waals surface area contributed by atoms with Crippen LogP contribution in [0.3, 0.4) is 0 Å². The third kappa shape index (κ3) is 2.46. The SMILES string of the molecule is O=C(N1CCC2(CC1)OCCO2)C1(c2ccc(F)cc2)CCC1. The van der Waals surface area contributed by atoms with Gasteiger partial charge in [-0.05, 0) is 30.5 Å². The number of amides is 1. The van der Waals surface area contributed by atoms with Crippen LogP contribution in [0.25, 0.3) is 0 Å². The highest BCUT2D eigenvalue weighted by Gasteiger charge is 2.50. The van der Waals surface area contributed by atoms with Crippen LogP contribution in [0.1, 0.15) is 37.7 Å². The van der Waals surface area contributed by atoms with Crippen LogP contribution in [0.4, 0.5) is 4.39 Å². The molecule has 2 heterocycles. The summed E-state index contributed by atoms with van der Waals surface area (Å²) < 4.78 is 24.7. The summed E-state index contributed by atoms with van der Waals surface area (Å²) >= 11 is 0. The fourth-order valence-corrected chi connectivity index (χ4v) is 4.06. The van der Waals surface area contributed by atoms with E-state index in [1.165, 1.54) is 12.1 Å². The van der Waals surface area contributed by atoms with Gasteiger partial charge in [0.15, 0.2) is 5.79 Å². The molecule has 1 spiro atoms. The van der Waals surface area contributed by atoms with Gasteiger partial charge in [-0.1, -0.05) is 18.6 Å². The van der Waals surface area contributed by atoms with E-state index in [2.05, 4.69) is 0 Å². The molecule has 4 nitrogen and oxygen atoms in total. The van der Waals surface area contributed by atoms with Gasteiger partial charge in [0.1, 0.15) is 5.82 Å². The molecule has 3 fully saturated rings. The van der Waals surface area contributed by atoms with Crippen molar-refractivity contribution in [2.24, 2.45) is 0 Å². The second kappa shape index (κ2) is 5.56. The van der Waals surface area contributed by atoms with E-state index in [1.807, 2.05) is 4.90 Å². The van der Waals surface area contributed by atoms with Crippen LogP contribution in [0, 0.1) is 5.82 Å². The second-order valence-electron chi connectivity index (χ2n) is 6.84. The van der Waals surface area contributed by atoms with Crippen LogP contribution in [0.2, 0.25) is 0 Å². The van der Waals surface area contributed by atoms with Gasteiger partial charge in [0.05, 0.1) is 18.6 Å². The average molecular weight is 319 g/mol. The highest BCUT2D eigenvalue weighted by atomic mass is 19.1. The predicted octanol–water partition coefficient (Wildman–Crippen LogP) is 2.61. The fraction of sp³-hybridized carbons (Fsp3) is 0.611. The van der Waals surface area contributed by atoms with Crippen molar-refractivity contribution < 1.29 is 18.7 Å². The Morgan fingerprint density at radius 1 is 1.00 bits per heavy atom. The highest BCUT2D eigenvalue weighted by molar-refractivity contribution is 5.89. The Hall–Kier alpha value is -1.46. The number of carbonyl (C=O) groups is 1. The van der Waals surface area contributed by atoms with Crippen LogP contribution in [0.5, 0.6) is 0 Å². The molecule has 0 bridgehead atoms. The quantitative estimate of drug-likeness (QED) is 0.841. The van der Waals surface area contributed by atoms with Gasteiger partial charge in [-0.25, -0.2) is 4.39 Å². The maximum Gasteiger partial charge on any atom is 0.233 e. The second-order valence-corrected chi connectivity index (χ2v) is 6.84. The number of hydrogen-bond donors (Lipinski definition) is 0. The van der Waals surface area contributed by atoms with Gasteiger partial charge in [0.25, 0.3) is 0 Å². The van der Waals surface area contributed by atoms with E-state index in [-0.39, 0.29) is 11.7 Å². The summed E-state index contributed by atoms with van der Waals surface area (Å²) in [5, 5.41) is 0. The number of halogens is 1. The zero-order valence-corrected chi connectivity index (χ0v) is 13.2. The van der Waals surface area contributed by atoms with Crippen LogP contribution in [-0.4, -0.2) is 42.9 Å². The molecule has 2 saturated heterocycles. The van der Waals surface area contributed by atoms with Crippen molar-refractivity contribution in [3.63, 3.8) is 0 Å². The molecule has 1 saturated carbocycles. The molecule has 1 aliphatic carbocycles. The van der Waals surface area contributed by atoms with Crippen molar-refractivity contribution in [3.05, 3.63) is 35.6 Å². The van der Waals surface area contributed by atoms with E-state index in [0.29, 0.717) is 26.3 Å². The first-order chi connectivity index (χ1) is 11.1. The molecule has 1 aromatic carbocycles. The smallest absolute Gasteiger partial charge is 0.233 e. The first kappa shape index (κ1) is 15.1. The lowest BCUT2D eigenvalue weighted by atomic mass is 9.63. The van der Waals surface area contributed by atoms with Crippen LogP contribution >= 0.6 is 0 Å². The number of benzene rings is 1. The maximum atomic E-state index is 13.2. The van der Waals surface area contributed by atoms with Crippen molar-refractivity contribution >= 4 is 5.91 Å². The summed E-state index contributed by atoms with van der Waals surface area (Å²) in [6, 6.07) is 6.43. The molecule has 0 aromatic heterocycles. The minimum atomic E-state index is -0.459. The molecule has 2 aliphatic heterocycles. The Bertz CT molecular complexity index is 581. The third-order valence-corrected chi connectivity index (χ3v) is 5.64. The summed E-state index contributed by atoms with van der Waals surface area (Å²) in [5.74, 6) is -0.534. The molecule has 23 heavy (non-hydrogen) atoms. The van der Waals surface area contributed by atoms with E-state index in [4.69, 9.17) is 9.47 Å². The number of nitrogens with zero attached hydrogens (tertiary/aromatic N) is 1. The number of rotatable bonds is 2. The molecule has 5 heteroatoms. The van der Waals surface area contributed by atoms with Gasteiger partial charge in [0, 0.05) is 25.9 Å². The zero-order chi connectivity index (χ0) is 15.9. The minimum absolute atomic E-state index is 0.184. The lowest BCUT2D eigenvalue weighted by Crippen LogP contribution is -2.55. The average Bonchev–Trinajstić information content (AvgIpc) is 2.97. The monoisotopic (exact) mass is 319 g/mol. The Morgan fingerprint density at radius 3 is 2.13 bits per heavy atom. The Labute approximate surface area is 135 Å². The van der Waals surface area contributed by atoms with Gasteiger partial charge in [0.2, 0.25) is 5.91 Å². The number of likely N-dealkylation sites (tertiary alicyclic amines) is 1. The van der Waals surface area contributed by atoms with E-state index >= 15 is 0 Å². The summed E-state index contributed by atoms with van der Waals surface area (Å²) in [6.45, 7) is 2.63. The summed E-state index contributed by atoms with van der Waals surface area (Å²) in [6.07, 6.45) is 4.22. The van der Waals surface area contributed by atoms with Gasteiger partial charge >= 0.3 is 0 Å². The van der Waals surface area contributed by atoms with Crippen molar-refractivity contribution in [3.8, 4) is 0 Å². The van der Waals surface area contributed by atoms with Crippen LogP contribution in [-0.2, 0) is 19.7 Å². The largest absolute Gasteiger partial charge is 0.347 e. The molecule has 0 N–H and O–H groups in total. The van der Waals surface area contributed by atoms with Crippen LogP contribution < -0.4 is 0 Å². The summed E-state index contributed by atoms with van der Waals surface area (Å²) in [7, 11) is 0. The Morgan fingerprint density at radius 2 is 1.61 bits per heavy atom. The first-order valence-electron chi connectivity index (χ1n) is 8.47. The molecular formula is C18H22FNO3. The topological polar surface area (TPSA) is 38.8 Å². The number of carbonyl (C=O) groups excluding carboxylic acids is 1. The standard InChI is InChI=1S/C18H22FNO3/c19-15-4-2-14(3-5-15)17(6-1-7-17)16(21)20-10-8-18(9-11-20)22-12-13-23-18/h2-5H,1,6-13H2. The molecule has 0 unspecified atom stereocenters. The molecule has 0 radical (unpaired) electrons. The van der Waals surface area contributed by atoms with Crippen molar-refractivity contribution in [1.82, 2.24) is 4.90 Å². The maximum absolute atomic E-state index is 13.2. The number of ether oxygens (including phenoxy) is 2. The van der Waals surface area contributed by atoms with Gasteiger partial charge in [-0.15, -0.1) is 0 Å². The first-order valence-corrected chi connectivity index (χ1v) is 8.47. The molecule has 1 amide bonds. The van der Waals surface area contributed by atoms with Crippen molar-refractivity contribution in [2.45, 2.75) is 43.3 Å². The van der Waals surface area contributed by atoms with Crippen LogP contribution in [0.15, 0.2) is 24.3 Å². The number of hydrogen-bond acceptors (Lipinski definition) is 3. The minimum Gasteiger partial charge on any atom is -0.347 e. The lowest BCUT2D eigenvalue weighted by molar-refractivity contribution is -0.189. The summed E-state index contributed by atoms with van der Waals surface area (Å²) in [4.78, 5) is 15.1. The van der Waals surface area contributed by atoms with Gasteiger partial charge < -0.3 is 14.4 Å². The molecule has 1 aromatic rings. The Balaban J connectivity index is 1.50. The molecule has 3 aliphatic rings. The third-order valence-electron chi connectivity index (χ3n) is 5.64. The van der Waals surface area contributed by atoms with E-state index in [9.17, 15) is 9.18 Å². The van der Waals surface area contributed by atoms with Crippen molar-refractivity contribution in [2.75, 3.05) is 26.3 Å². The van der Waals surface area contributed by atoms with Gasteiger partial charge in [-0.3, -0.25) is 4.79 Å². The van der Waals surface area contributed by atoms with E-state index in [0.717, 1.165) is 37.7 Å². The normalized spacial score (nSPS) is 25.3. The van der Waals surface area contributed by atoms with Crippen molar-refractivity contribution in [1.29, 1.82) is 0 Å². The lowest BCUT2D eigenvalue weighted by Gasteiger charge is -2.46. The zero-order valence-electron chi connectivity index (χ0n) is 13.2. The molecular weight excluding hydrogens is 297 g/mol. The molecule has 0 atom stereocenters. The fourth-order valence-electron chi connectivity index (χ4n) is 4.06. The summed E-state index contributed by atoms with van der Waals surface area (Å²) in [5.41, 5.74) is 0.499. The molecule has 4 rings (SSSR count). The Kier molecular flexibility index (Phi) is 3.65.